The predicted molar refractivity (Wildman–Crippen MR) is 148 cm³/mol. The van der Waals surface area contributed by atoms with Crippen molar-refractivity contribution in [1.29, 1.82) is 0 Å². The van der Waals surface area contributed by atoms with Crippen molar-refractivity contribution in [3.8, 4) is 0 Å². The molecule has 2 saturated heterocycles. The van der Waals surface area contributed by atoms with Gasteiger partial charge in [-0.25, -0.2) is 4.98 Å². The highest BCUT2D eigenvalue weighted by atomic mass is 79.9. The Bertz CT molecular complexity index is 1020. The van der Waals surface area contributed by atoms with E-state index in [4.69, 9.17) is 4.74 Å². The van der Waals surface area contributed by atoms with Crippen LogP contribution in [0.5, 0.6) is 0 Å². The van der Waals surface area contributed by atoms with Gasteiger partial charge in [-0.3, -0.25) is 4.79 Å². The van der Waals surface area contributed by atoms with Gasteiger partial charge in [-0.05, 0) is 66.0 Å². The van der Waals surface area contributed by atoms with Crippen LogP contribution in [-0.4, -0.2) is 92.3 Å². The molecule has 1 aromatic heterocycles. The summed E-state index contributed by atoms with van der Waals surface area (Å²) >= 11 is 3.55. The first-order chi connectivity index (χ1) is 17.4. The Labute approximate surface area is 222 Å². The molecule has 3 heterocycles. The van der Waals surface area contributed by atoms with Gasteiger partial charge in [-0.1, -0.05) is 6.92 Å². The van der Waals surface area contributed by atoms with Crippen LogP contribution in [0.4, 0.5) is 23.1 Å². The number of anilines is 4. The fourth-order valence-electron chi connectivity index (χ4n) is 4.60. The fraction of sp³-hybridized carbons (Fsp3) is 0.577. The average Bonchev–Trinajstić information content (AvgIpc) is 3.43. The molecule has 2 fully saturated rings. The summed E-state index contributed by atoms with van der Waals surface area (Å²) in [5, 5.41) is 6.78. The number of ether oxygens (including phenoxy) is 1. The number of halogens is 1. The summed E-state index contributed by atoms with van der Waals surface area (Å²) in [6.07, 6.45) is 4.33. The van der Waals surface area contributed by atoms with Gasteiger partial charge in [0.1, 0.15) is 5.82 Å². The second-order valence-corrected chi connectivity index (χ2v) is 10.5. The van der Waals surface area contributed by atoms with Crippen LogP contribution in [0.1, 0.15) is 25.3 Å². The largest absolute Gasteiger partial charge is 0.381 e. The molecule has 196 valence electrons. The fourth-order valence-corrected chi connectivity index (χ4v) is 4.93. The number of nitrogens with zero attached hydrogens (tertiary/aromatic N) is 5. The quantitative estimate of drug-likeness (QED) is 0.427. The van der Waals surface area contributed by atoms with Crippen molar-refractivity contribution >= 4 is 45.0 Å². The number of rotatable bonds is 10. The van der Waals surface area contributed by atoms with Gasteiger partial charge in [-0.2, -0.15) is 4.98 Å². The van der Waals surface area contributed by atoms with Gasteiger partial charge < -0.3 is 30.1 Å². The van der Waals surface area contributed by atoms with Crippen molar-refractivity contribution in [3.05, 3.63) is 34.4 Å². The Morgan fingerprint density at radius 2 is 2.08 bits per heavy atom. The third-order valence-corrected chi connectivity index (χ3v) is 7.53. The molecule has 10 heteroatoms. The maximum absolute atomic E-state index is 12.4. The number of amides is 1. The lowest BCUT2D eigenvalue weighted by molar-refractivity contribution is -0.134. The third kappa shape index (κ3) is 6.86. The first kappa shape index (κ1) is 26.6. The average molecular weight is 561 g/mol. The van der Waals surface area contributed by atoms with Gasteiger partial charge >= 0.3 is 0 Å². The van der Waals surface area contributed by atoms with E-state index in [9.17, 15) is 4.79 Å². The van der Waals surface area contributed by atoms with Crippen LogP contribution in [0.3, 0.4) is 0 Å². The number of carbonyl (C=O) groups is 1. The number of nitrogens with one attached hydrogen (secondary N) is 2. The van der Waals surface area contributed by atoms with E-state index in [0.717, 1.165) is 61.4 Å². The summed E-state index contributed by atoms with van der Waals surface area (Å²) in [5.74, 6) is 1.47. The van der Waals surface area contributed by atoms with E-state index in [1.54, 1.807) is 11.1 Å². The lowest BCUT2D eigenvalue weighted by Gasteiger charge is -2.34. The Morgan fingerprint density at radius 1 is 1.28 bits per heavy atom. The van der Waals surface area contributed by atoms with Crippen molar-refractivity contribution in [1.82, 2.24) is 19.8 Å². The van der Waals surface area contributed by atoms with Gasteiger partial charge in [0.15, 0.2) is 0 Å². The first-order valence-corrected chi connectivity index (χ1v) is 13.7. The van der Waals surface area contributed by atoms with Gasteiger partial charge in [0.25, 0.3) is 0 Å². The Balaban J connectivity index is 1.32. The van der Waals surface area contributed by atoms with Crippen LogP contribution in [0.15, 0.2) is 28.9 Å². The zero-order valence-electron chi connectivity index (χ0n) is 21.6. The molecule has 0 spiro atoms. The van der Waals surface area contributed by atoms with E-state index in [1.807, 2.05) is 7.05 Å². The molecule has 4 rings (SSSR count). The lowest BCUT2D eigenvalue weighted by Crippen LogP contribution is -2.44. The van der Waals surface area contributed by atoms with E-state index in [0.29, 0.717) is 32.3 Å². The molecular weight excluding hydrogens is 522 g/mol. The molecule has 2 aromatic rings. The van der Waals surface area contributed by atoms with E-state index in [-0.39, 0.29) is 11.8 Å². The van der Waals surface area contributed by atoms with Crippen LogP contribution in [-0.2, 0) is 16.0 Å². The number of likely N-dealkylation sites (N-methyl/N-ethyl adjacent to an activating group) is 1. The van der Waals surface area contributed by atoms with Crippen LogP contribution in [0.2, 0.25) is 0 Å². The lowest BCUT2D eigenvalue weighted by atomic mass is 10.1. The van der Waals surface area contributed by atoms with Gasteiger partial charge in [-0.15, -0.1) is 0 Å². The molecule has 0 bridgehead atoms. The van der Waals surface area contributed by atoms with E-state index in [1.165, 1.54) is 11.3 Å². The van der Waals surface area contributed by atoms with Crippen molar-refractivity contribution in [2.75, 3.05) is 82.1 Å². The molecule has 0 aliphatic carbocycles. The minimum Gasteiger partial charge on any atom is -0.381 e. The minimum atomic E-state index is 0.0104. The minimum absolute atomic E-state index is 0.0104. The zero-order valence-corrected chi connectivity index (χ0v) is 23.2. The summed E-state index contributed by atoms with van der Waals surface area (Å²) in [7, 11) is 4.04. The van der Waals surface area contributed by atoms with Crippen LogP contribution >= 0.6 is 15.9 Å². The number of carbonyl (C=O) groups excluding carboxylic acids is 1. The standard InChI is InChI=1S/C26H38BrN7O2/c1-4-19-16-21(34-13-11-32(2)12-14-34)6-7-23(19)30-26-29-17-22(27)24(31-26)28-9-5-10-33(3)25(35)20-8-15-36-18-20/h6-7,16-17,20H,4-5,8-15,18H2,1-3H3,(H2,28,29,30,31). The monoisotopic (exact) mass is 559 g/mol. The summed E-state index contributed by atoms with van der Waals surface area (Å²) in [6.45, 7) is 9.08. The molecule has 1 amide bonds. The molecule has 1 aromatic carbocycles. The third-order valence-electron chi connectivity index (χ3n) is 6.95. The summed E-state index contributed by atoms with van der Waals surface area (Å²) in [6, 6.07) is 6.59. The predicted octanol–water partition coefficient (Wildman–Crippen LogP) is 3.59. The molecule has 0 radical (unpaired) electrons. The highest BCUT2D eigenvalue weighted by Crippen LogP contribution is 2.28. The van der Waals surface area contributed by atoms with E-state index < -0.39 is 0 Å². The number of aromatic nitrogens is 2. The molecule has 36 heavy (non-hydrogen) atoms. The number of hydrogen-bond donors (Lipinski definition) is 2. The molecule has 2 aliphatic rings. The van der Waals surface area contributed by atoms with Crippen molar-refractivity contribution in [2.45, 2.75) is 26.2 Å². The highest BCUT2D eigenvalue weighted by molar-refractivity contribution is 9.10. The molecule has 0 saturated carbocycles. The smallest absolute Gasteiger partial charge is 0.229 e. The molecular formula is C26H38BrN7O2. The molecule has 9 nitrogen and oxygen atoms in total. The maximum atomic E-state index is 12.4. The summed E-state index contributed by atoms with van der Waals surface area (Å²) < 4.78 is 6.15. The highest BCUT2D eigenvalue weighted by Gasteiger charge is 2.26. The molecule has 2 N–H and O–H groups in total. The second kappa shape index (κ2) is 12.7. The number of hydrogen-bond acceptors (Lipinski definition) is 8. The normalized spacial score (nSPS) is 18.3. The molecule has 2 aliphatic heterocycles. The summed E-state index contributed by atoms with van der Waals surface area (Å²) in [4.78, 5) is 28.2. The maximum Gasteiger partial charge on any atom is 0.229 e. The van der Waals surface area contributed by atoms with E-state index >= 15 is 0 Å². The molecule has 1 unspecified atom stereocenters. The van der Waals surface area contributed by atoms with Crippen LogP contribution in [0.25, 0.3) is 0 Å². The van der Waals surface area contributed by atoms with Crippen LogP contribution < -0.4 is 15.5 Å². The van der Waals surface area contributed by atoms with Crippen molar-refractivity contribution in [3.63, 3.8) is 0 Å². The Hall–Kier alpha value is -2.43. The van der Waals surface area contributed by atoms with Crippen molar-refractivity contribution in [2.24, 2.45) is 5.92 Å². The zero-order chi connectivity index (χ0) is 25.5. The van der Waals surface area contributed by atoms with Gasteiger partial charge in [0.05, 0.1) is 17.0 Å². The molecule has 1 atom stereocenters. The Morgan fingerprint density at radius 3 is 2.81 bits per heavy atom. The topological polar surface area (TPSA) is 85.9 Å². The van der Waals surface area contributed by atoms with Crippen molar-refractivity contribution < 1.29 is 9.53 Å². The number of benzene rings is 1. The van der Waals surface area contributed by atoms with Gasteiger partial charge in [0.2, 0.25) is 11.9 Å². The Kier molecular flexibility index (Phi) is 9.39. The van der Waals surface area contributed by atoms with Crippen LogP contribution in [0, 0.1) is 5.92 Å². The number of aryl methyl sites for hydroxylation is 1. The number of piperazine rings is 1. The summed E-state index contributed by atoms with van der Waals surface area (Å²) in [5.41, 5.74) is 3.54. The van der Waals surface area contributed by atoms with E-state index in [2.05, 4.69) is 78.5 Å². The first-order valence-electron chi connectivity index (χ1n) is 12.9. The van der Waals surface area contributed by atoms with Gasteiger partial charge in [0, 0.05) is 70.5 Å². The second-order valence-electron chi connectivity index (χ2n) is 9.60. The SMILES string of the molecule is CCc1cc(N2CCN(C)CC2)ccc1Nc1ncc(Br)c(NCCCN(C)C(=O)C2CCOC2)n1.